The van der Waals surface area contributed by atoms with E-state index in [1.807, 2.05) is 18.2 Å². The first-order valence-electron chi connectivity index (χ1n) is 7.65. The summed E-state index contributed by atoms with van der Waals surface area (Å²) in [5.41, 5.74) is 2.64. The Bertz CT molecular complexity index is 737. The Morgan fingerprint density at radius 3 is 2.91 bits per heavy atom. The Kier molecular flexibility index (Phi) is 3.66. The van der Waals surface area contributed by atoms with Crippen LogP contribution in [0.5, 0.6) is 5.75 Å². The van der Waals surface area contributed by atoms with Gasteiger partial charge in [0.1, 0.15) is 5.75 Å². The highest BCUT2D eigenvalue weighted by atomic mass is 32.1. The van der Waals surface area contributed by atoms with Crippen molar-refractivity contribution in [2.24, 2.45) is 0 Å². The SMILES string of the molecule is CN1CCN(c2nc(-c3ccc4c(c3)NC(=O)CO4)cs2)CC1. The van der Waals surface area contributed by atoms with Crippen molar-refractivity contribution in [3.63, 3.8) is 0 Å². The number of carbonyl (C=O) groups is 1. The largest absolute Gasteiger partial charge is 0.482 e. The van der Waals surface area contributed by atoms with Gasteiger partial charge in [0, 0.05) is 37.1 Å². The fraction of sp³-hybridized carbons (Fsp3) is 0.375. The molecule has 7 heteroatoms. The number of thiazole rings is 1. The van der Waals surface area contributed by atoms with E-state index >= 15 is 0 Å². The van der Waals surface area contributed by atoms with Gasteiger partial charge < -0.3 is 19.9 Å². The van der Waals surface area contributed by atoms with Gasteiger partial charge in [-0.25, -0.2) is 4.98 Å². The van der Waals surface area contributed by atoms with Crippen LogP contribution in [0.3, 0.4) is 0 Å². The van der Waals surface area contributed by atoms with Crippen LogP contribution in [0.25, 0.3) is 11.3 Å². The van der Waals surface area contributed by atoms with E-state index in [1.165, 1.54) is 0 Å². The van der Waals surface area contributed by atoms with Gasteiger partial charge in [0.15, 0.2) is 11.7 Å². The molecular formula is C16H18N4O2S. The van der Waals surface area contributed by atoms with Crippen LogP contribution in [0, 0.1) is 0 Å². The number of aromatic nitrogens is 1. The number of amides is 1. The Morgan fingerprint density at radius 1 is 1.26 bits per heavy atom. The Morgan fingerprint density at radius 2 is 2.09 bits per heavy atom. The van der Waals surface area contributed by atoms with E-state index in [1.54, 1.807) is 11.3 Å². The van der Waals surface area contributed by atoms with Crippen molar-refractivity contribution in [2.45, 2.75) is 0 Å². The molecule has 4 rings (SSSR count). The molecule has 2 aliphatic rings. The third-order valence-corrected chi connectivity index (χ3v) is 5.08. The number of nitrogens with zero attached hydrogens (tertiary/aromatic N) is 3. The number of nitrogens with one attached hydrogen (secondary N) is 1. The van der Waals surface area contributed by atoms with Crippen LogP contribution in [-0.4, -0.2) is 55.6 Å². The Balaban J connectivity index is 1.57. The molecule has 0 atom stereocenters. The Labute approximate surface area is 138 Å². The van der Waals surface area contributed by atoms with Gasteiger partial charge in [-0.2, -0.15) is 0 Å². The maximum Gasteiger partial charge on any atom is 0.262 e. The first kappa shape index (κ1) is 14.5. The van der Waals surface area contributed by atoms with Crippen molar-refractivity contribution in [2.75, 3.05) is 50.1 Å². The highest BCUT2D eigenvalue weighted by molar-refractivity contribution is 7.14. The average molecular weight is 330 g/mol. The molecule has 0 radical (unpaired) electrons. The van der Waals surface area contributed by atoms with E-state index in [2.05, 4.69) is 27.5 Å². The molecule has 120 valence electrons. The summed E-state index contributed by atoms with van der Waals surface area (Å²) < 4.78 is 5.39. The number of benzene rings is 1. The summed E-state index contributed by atoms with van der Waals surface area (Å²) in [7, 11) is 2.15. The predicted molar refractivity (Wildman–Crippen MR) is 91.4 cm³/mol. The maximum atomic E-state index is 11.5. The predicted octanol–water partition coefficient (Wildman–Crippen LogP) is 1.89. The highest BCUT2D eigenvalue weighted by Crippen LogP contribution is 2.34. The molecule has 1 fully saturated rings. The zero-order valence-electron chi connectivity index (χ0n) is 12.9. The summed E-state index contributed by atoms with van der Waals surface area (Å²) >= 11 is 1.67. The molecule has 0 aliphatic carbocycles. The minimum Gasteiger partial charge on any atom is -0.482 e. The van der Waals surface area contributed by atoms with Crippen molar-refractivity contribution < 1.29 is 9.53 Å². The van der Waals surface area contributed by atoms with Crippen LogP contribution in [-0.2, 0) is 4.79 Å². The molecular weight excluding hydrogens is 312 g/mol. The summed E-state index contributed by atoms with van der Waals surface area (Å²) in [6.07, 6.45) is 0. The number of anilines is 2. The molecule has 6 nitrogen and oxygen atoms in total. The lowest BCUT2D eigenvalue weighted by Gasteiger charge is -2.32. The van der Waals surface area contributed by atoms with E-state index in [0.717, 1.165) is 42.6 Å². The van der Waals surface area contributed by atoms with Crippen LogP contribution >= 0.6 is 11.3 Å². The first-order valence-corrected chi connectivity index (χ1v) is 8.53. The van der Waals surface area contributed by atoms with Crippen molar-refractivity contribution in [3.8, 4) is 17.0 Å². The quantitative estimate of drug-likeness (QED) is 0.911. The second-order valence-corrected chi connectivity index (χ2v) is 6.69. The number of likely N-dealkylation sites (N-methyl/N-ethyl adjacent to an activating group) is 1. The van der Waals surface area contributed by atoms with Crippen molar-refractivity contribution in [1.29, 1.82) is 0 Å². The molecule has 0 spiro atoms. The van der Waals surface area contributed by atoms with Crippen LogP contribution in [0.2, 0.25) is 0 Å². The maximum absolute atomic E-state index is 11.5. The van der Waals surface area contributed by atoms with Crippen LogP contribution < -0.4 is 15.0 Å². The normalized spacial score (nSPS) is 18.3. The van der Waals surface area contributed by atoms with Gasteiger partial charge >= 0.3 is 0 Å². The number of ether oxygens (including phenoxy) is 1. The molecule has 3 heterocycles. The van der Waals surface area contributed by atoms with Crippen molar-refractivity contribution in [3.05, 3.63) is 23.6 Å². The molecule has 1 N–H and O–H groups in total. The molecule has 0 saturated carbocycles. The number of rotatable bonds is 2. The smallest absolute Gasteiger partial charge is 0.262 e. The first-order chi connectivity index (χ1) is 11.2. The third-order valence-electron chi connectivity index (χ3n) is 4.17. The summed E-state index contributed by atoms with van der Waals surface area (Å²) in [5, 5.41) is 5.97. The fourth-order valence-electron chi connectivity index (χ4n) is 2.78. The molecule has 1 aromatic heterocycles. The van der Waals surface area contributed by atoms with Gasteiger partial charge in [-0.15, -0.1) is 11.3 Å². The molecule has 2 aliphatic heterocycles. The van der Waals surface area contributed by atoms with E-state index in [9.17, 15) is 4.79 Å². The fourth-order valence-corrected chi connectivity index (χ4v) is 3.67. The van der Waals surface area contributed by atoms with Gasteiger partial charge in [0.25, 0.3) is 5.91 Å². The summed E-state index contributed by atoms with van der Waals surface area (Å²) in [6, 6.07) is 5.80. The van der Waals surface area contributed by atoms with E-state index in [0.29, 0.717) is 11.4 Å². The van der Waals surface area contributed by atoms with Crippen molar-refractivity contribution >= 4 is 28.1 Å². The Hall–Kier alpha value is -2.12. The van der Waals surface area contributed by atoms with Gasteiger partial charge in [-0.05, 0) is 25.2 Å². The minimum absolute atomic E-state index is 0.0800. The summed E-state index contributed by atoms with van der Waals surface area (Å²) in [5.74, 6) is 0.592. The van der Waals surface area contributed by atoms with Crippen LogP contribution in [0.4, 0.5) is 10.8 Å². The lowest BCUT2D eigenvalue weighted by atomic mass is 10.1. The second kappa shape index (κ2) is 5.82. The molecule has 1 saturated heterocycles. The molecule has 0 unspecified atom stereocenters. The number of hydrogen-bond donors (Lipinski definition) is 1. The van der Waals surface area contributed by atoms with E-state index < -0.39 is 0 Å². The average Bonchev–Trinajstić information content (AvgIpc) is 3.05. The molecule has 23 heavy (non-hydrogen) atoms. The van der Waals surface area contributed by atoms with Crippen molar-refractivity contribution in [1.82, 2.24) is 9.88 Å². The van der Waals surface area contributed by atoms with Crippen LogP contribution in [0.15, 0.2) is 23.6 Å². The molecule has 0 bridgehead atoms. The lowest BCUT2D eigenvalue weighted by Crippen LogP contribution is -2.44. The second-order valence-electron chi connectivity index (χ2n) is 5.85. The van der Waals surface area contributed by atoms with E-state index in [-0.39, 0.29) is 12.5 Å². The van der Waals surface area contributed by atoms with Crippen LogP contribution in [0.1, 0.15) is 0 Å². The lowest BCUT2D eigenvalue weighted by molar-refractivity contribution is -0.118. The van der Waals surface area contributed by atoms with Gasteiger partial charge in [0.05, 0.1) is 11.4 Å². The van der Waals surface area contributed by atoms with E-state index in [4.69, 9.17) is 9.72 Å². The summed E-state index contributed by atoms with van der Waals surface area (Å²) in [6.45, 7) is 4.24. The standard InChI is InChI=1S/C16H18N4O2S/c1-19-4-6-20(7-5-19)16-18-13(10-23-16)11-2-3-14-12(8-11)17-15(21)9-22-14/h2-3,8,10H,4-7,9H2,1H3,(H,17,21). The highest BCUT2D eigenvalue weighted by Gasteiger charge is 2.19. The van der Waals surface area contributed by atoms with Gasteiger partial charge in [-0.3, -0.25) is 4.79 Å². The number of piperazine rings is 1. The monoisotopic (exact) mass is 330 g/mol. The third kappa shape index (κ3) is 2.89. The summed E-state index contributed by atoms with van der Waals surface area (Å²) in [4.78, 5) is 20.9. The zero-order chi connectivity index (χ0) is 15.8. The topological polar surface area (TPSA) is 57.7 Å². The molecule has 1 aromatic carbocycles. The number of carbonyl (C=O) groups excluding carboxylic acids is 1. The minimum atomic E-state index is -0.119. The van der Waals surface area contributed by atoms with Gasteiger partial charge in [0.2, 0.25) is 0 Å². The molecule has 2 aromatic rings. The zero-order valence-corrected chi connectivity index (χ0v) is 13.7. The molecule has 1 amide bonds. The number of hydrogen-bond acceptors (Lipinski definition) is 6. The van der Waals surface area contributed by atoms with Gasteiger partial charge in [-0.1, -0.05) is 0 Å². The number of fused-ring (bicyclic) bond motifs is 1.